The lowest BCUT2D eigenvalue weighted by Crippen LogP contribution is -2.12. The molecular formula is C22H16Br2O5. The number of rotatable bonds is 2. The fourth-order valence-corrected chi connectivity index (χ4v) is 4.51. The molecule has 1 fully saturated rings. The minimum Gasteiger partial charge on any atom is -0.454 e. The number of hydrogen-bond donors (Lipinski definition) is 0. The zero-order valence-corrected chi connectivity index (χ0v) is 18.5. The summed E-state index contributed by atoms with van der Waals surface area (Å²) in [5.41, 5.74) is 3.39. The number of ether oxygens (including phenoxy) is 4. The average Bonchev–Trinajstić information content (AvgIpc) is 3.34. The Labute approximate surface area is 184 Å². The SMILES string of the molecule is O=C1/C(=C\c2cc3c(cc2Br)OCO3)CCC/C1=C/c1cc2c(cc1Br)OCO2. The number of carbonyl (C=O) groups excluding carboxylic acids is 1. The van der Waals surface area contributed by atoms with Crippen LogP contribution in [0.1, 0.15) is 30.4 Å². The van der Waals surface area contributed by atoms with Gasteiger partial charge in [0.05, 0.1) is 0 Å². The van der Waals surface area contributed by atoms with E-state index in [1.807, 2.05) is 36.4 Å². The normalized spacial score (nSPS) is 20.0. The van der Waals surface area contributed by atoms with Gasteiger partial charge in [0.2, 0.25) is 13.6 Å². The maximum Gasteiger partial charge on any atom is 0.231 e. The predicted octanol–water partition coefficient (Wildman–Crippen LogP) is 5.89. The van der Waals surface area contributed by atoms with Gasteiger partial charge in [0, 0.05) is 20.1 Å². The second-order valence-electron chi connectivity index (χ2n) is 6.98. The van der Waals surface area contributed by atoms with Crippen molar-refractivity contribution >= 4 is 49.8 Å². The summed E-state index contributed by atoms with van der Waals surface area (Å²) in [5.74, 6) is 2.89. The Morgan fingerprint density at radius 3 is 1.55 bits per heavy atom. The summed E-state index contributed by atoms with van der Waals surface area (Å²) in [6.07, 6.45) is 6.30. The van der Waals surface area contributed by atoms with E-state index in [9.17, 15) is 4.79 Å². The Kier molecular flexibility index (Phi) is 4.87. The van der Waals surface area contributed by atoms with Crippen LogP contribution in [0.25, 0.3) is 12.2 Å². The fourth-order valence-electron chi connectivity index (χ4n) is 3.64. The lowest BCUT2D eigenvalue weighted by Gasteiger charge is -2.17. The molecule has 0 spiro atoms. The van der Waals surface area contributed by atoms with E-state index in [0.717, 1.165) is 50.5 Å². The minimum absolute atomic E-state index is 0.0744. The maximum absolute atomic E-state index is 13.1. The Hall–Kier alpha value is -2.25. The van der Waals surface area contributed by atoms with Crippen molar-refractivity contribution in [3.63, 3.8) is 0 Å². The Morgan fingerprint density at radius 1 is 0.690 bits per heavy atom. The van der Waals surface area contributed by atoms with Gasteiger partial charge in [0.15, 0.2) is 28.8 Å². The summed E-state index contributed by atoms with van der Waals surface area (Å²) in [5, 5.41) is 0. The predicted molar refractivity (Wildman–Crippen MR) is 115 cm³/mol. The second kappa shape index (κ2) is 7.54. The van der Waals surface area contributed by atoms with Crippen molar-refractivity contribution < 1.29 is 23.7 Å². The third-order valence-corrected chi connectivity index (χ3v) is 6.49. The Morgan fingerprint density at radius 2 is 1.10 bits per heavy atom. The molecule has 148 valence electrons. The molecule has 5 rings (SSSR count). The van der Waals surface area contributed by atoms with Crippen LogP contribution in [0.2, 0.25) is 0 Å². The molecule has 0 amide bonds. The highest BCUT2D eigenvalue weighted by Gasteiger charge is 2.23. The van der Waals surface area contributed by atoms with E-state index in [4.69, 9.17) is 18.9 Å². The summed E-state index contributed by atoms with van der Waals surface area (Å²) in [4.78, 5) is 13.1. The van der Waals surface area contributed by atoms with Crippen LogP contribution in [0.3, 0.4) is 0 Å². The van der Waals surface area contributed by atoms with Gasteiger partial charge in [-0.15, -0.1) is 0 Å². The number of fused-ring (bicyclic) bond motifs is 2. The molecule has 2 aromatic rings. The first-order valence-corrected chi connectivity index (χ1v) is 10.8. The molecule has 5 nitrogen and oxygen atoms in total. The van der Waals surface area contributed by atoms with Crippen molar-refractivity contribution in [2.45, 2.75) is 19.3 Å². The van der Waals surface area contributed by atoms with Gasteiger partial charge in [-0.25, -0.2) is 0 Å². The smallest absolute Gasteiger partial charge is 0.231 e. The number of benzene rings is 2. The molecule has 0 unspecified atom stereocenters. The average molecular weight is 520 g/mol. The van der Waals surface area contributed by atoms with Crippen molar-refractivity contribution in [2.75, 3.05) is 13.6 Å². The Balaban J connectivity index is 1.47. The molecule has 1 aliphatic carbocycles. The highest BCUT2D eigenvalue weighted by atomic mass is 79.9. The zero-order chi connectivity index (χ0) is 20.0. The minimum atomic E-state index is 0.0744. The molecule has 2 aliphatic heterocycles. The first kappa shape index (κ1) is 18.8. The molecule has 1 saturated carbocycles. The summed E-state index contributed by atoms with van der Waals surface area (Å²) in [6.45, 7) is 0.441. The van der Waals surface area contributed by atoms with Gasteiger partial charge >= 0.3 is 0 Å². The number of carbonyl (C=O) groups is 1. The third-order valence-electron chi connectivity index (χ3n) is 5.12. The molecule has 3 aliphatic rings. The highest BCUT2D eigenvalue weighted by Crippen LogP contribution is 2.40. The van der Waals surface area contributed by atoms with Crippen LogP contribution in [0.5, 0.6) is 23.0 Å². The number of halogens is 2. The quantitative estimate of drug-likeness (QED) is 0.463. The van der Waals surface area contributed by atoms with Gasteiger partial charge in [-0.1, -0.05) is 31.9 Å². The van der Waals surface area contributed by atoms with Gasteiger partial charge in [-0.3, -0.25) is 4.79 Å². The van der Waals surface area contributed by atoms with Crippen molar-refractivity contribution in [2.24, 2.45) is 0 Å². The summed E-state index contributed by atoms with van der Waals surface area (Å²) in [7, 11) is 0. The van der Waals surface area contributed by atoms with E-state index >= 15 is 0 Å². The van der Waals surface area contributed by atoms with Gasteiger partial charge in [0.1, 0.15) is 0 Å². The molecule has 2 aromatic carbocycles. The summed E-state index contributed by atoms with van der Waals surface area (Å²) in [6, 6.07) is 7.56. The fraction of sp³-hybridized carbons (Fsp3) is 0.227. The van der Waals surface area contributed by atoms with E-state index in [2.05, 4.69) is 31.9 Å². The highest BCUT2D eigenvalue weighted by molar-refractivity contribution is 9.10. The molecule has 0 radical (unpaired) electrons. The van der Waals surface area contributed by atoms with E-state index < -0.39 is 0 Å². The second-order valence-corrected chi connectivity index (χ2v) is 8.68. The molecule has 7 heteroatoms. The largest absolute Gasteiger partial charge is 0.454 e. The zero-order valence-electron chi connectivity index (χ0n) is 15.3. The molecule has 0 saturated heterocycles. The molecule has 0 aromatic heterocycles. The van der Waals surface area contributed by atoms with Crippen LogP contribution < -0.4 is 18.9 Å². The lowest BCUT2D eigenvalue weighted by atomic mass is 9.87. The number of hydrogen-bond acceptors (Lipinski definition) is 5. The molecule has 2 heterocycles. The molecular weight excluding hydrogens is 504 g/mol. The Bertz CT molecular complexity index is 1000. The van der Waals surface area contributed by atoms with Crippen LogP contribution in [0.15, 0.2) is 44.4 Å². The summed E-state index contributed by atoms with van der Waals surface area (Å²) < 4.78 is 23.5. The first-order valence-electron chi connectivity index (χ1n) is 9.22. The van der Waals surface area contributed by atoms with Crippen molar-refractivity contribution in [3.8, 4) is 23.0 Å². The molecule has 0 N–H and O–H groups in total. The lowest BCUT2D eigenvalue weighted by molar-refractivity contribution is -0.112. The van der Waals surface area contributed by atoms with Crippen LogP contribution in [-0.4, -0.2) is 19.4 Å². The van der Waals surface area contributed by atoms with Gasteiger partial charge in [-0.2, -0.15) is 0 Å². The number of Topliss-reactive ketones (excluding diaryl/α,β-unsaturated/α-hetero) is 1. The van der Waals surface area contributed by atoms with E-state index in [1.165, 1.54) is 0 Å². The van der Waals surface area contributed by atoms with Crippen LogP contribution >= 0.6 is 31.9 Å². The van der Waals surface area contributed by atoms with Gasteiger partial charge in [0.25, 0.3) is 0 Å². The molecule has 0 bridgehead atoms. The standard InChI is InChI=1S/C22H16Br2O5/c23-16-8-20-18(26-10-28-20)6-14(16)4-12-2-1-3-13(22(12)25)5-15-7-19-21(9-17(15)24)29-11-27-19/h4-9H,1-3,10-11H2/b12-4-,13-5-. The van der Waals surface area contributed by atoms with Crippen molar-refractivity contribution in [1.82, 2.24) is 0 Å². The van der Waals surface area contributed by atoms with Crippen molar-refractivity contribution in [3.05, 3.63) is 55.5 Å². The topological polar surface area (TPSA) is 54.0 Å². The monoisotopic (exact) mass is 518 g/mol. The third kappa shape index (κ3) is 3.57. The van der Waals surface area contributed by atoms with Gasteiger partial charge < -0.3 is 18.9 Å². The van der Waals surface area contributed by atoms with Gasteiger partial charge in [-0.05, 0) is 66.8 Å². The van der Waals surface area contributed by atoms with Crippen LogP contribution in [0.4, 0.5) is 0 Å². The van der Waals surface area contributed by atoms with Crippen LogP contribution in [0, 0.1) is 0 Å². The maximum atomic E-state index is 13.1. The van der Waals surface area contributed by atoms with Crippen molar-refractivity contribution in [1.29, 1.82) is 0 Å². The summed E-state index contributed by atoms with van der Waals surface area (Å²) >= 11 is 7.13. The molecule has 29 heavy (non-hydrogen) atoms. The molecule has 0 atom stereocenters. The number of ketones is 1. The van der Waals surface area contributed by atoms with E-state index in [-0.39, 0.29) is 19.4 Å². The van der Waals surface area contributed by atoms with Crippen LogP contribution in [-0.2, 0) is 4.79 Å². The number of allylic oxidation sites excluding steroid dienone is 2. The van der Waals surface area contributed by atoms with E-state index in [1.54, 1.807) is 0 Å². The first-order chi connectivity index (χ1) is 14.1. The van der Waals surface area contributed by atoms with E-state index in [0.29, 0.717) is 23.0 Å².